The van der Waals surface area contributed by atoms with Gasteiger partial charge in [-0.2, -0.15) is 0 Å². The molecule has 1 N–H and O–H groups in total. The number of carbonyl (C=O) groups is 4. The average molecular weight is 409 g/mol. The number of amides is 2. The molecule has 2 amide bonds. The first-order chi connectivity index (χ1) is 13.5. The molecule has 3 rings (SSSR count). The molecular weight excluding hydrogens is 386 g/mol. The number of aromatic nitrogens is 1. The van der Waals surface area contributed by atoms with E-state index in [4.69, 9.17) is 4.74 Å². The fraction of sp³-hybridized carbons (Fsp3) is 0.611. The zero-order valence-electron chi connectivity index (χ0n) is 15.6. The summed E-state index contributed by atoms with van der Waals surface area (Å²) in [5, 5.41) is 4.47. The van der Waals surface area contributed by atoms with Gasteiger partial charge in [0.15, 0.2) is 11.7 Å². The van der Waals surface area contributed by atoms with Crippen LogP contribution in [0.25, 0.3) is 0 Å². The molecule has 1 saturated heterocycles. The van der Waals surface area contributed by atoms with Crippen molar-refractivity contribution in [2.24, 2.45) is 5.92 Å². The summed E-state index contributed by atoms with van der Waals surface area (Å²) in [7, 11) is 1.29. The predicted molar refractivity (Wildman–Crippen MR) is 99.5 cm³/mol. The molecule has 1 atom stereocenters. The van der Waals surface area contributed by atoms with Crippen molar-refractivity contribution < 1.29 is 28.7 Å². The fourth-order valence-corrected chi connectivity index (χ4v) is 4.26. The Hall–Kier alpha value is -2.49. The molecule has 0 spiro atoms. The summed E-state index contributed by atoms with van der Waals surface area (Å²) in [6, 6.07) is 0.234. The third-order valence-corrected chi connectivity index (χ3v) is 5.76. The number of nitrogens with zero attached hydrogens (tertiary/aromatic N) is 2. The quantitative estimate of drug-likeness (QED) is 0.671. The highest BCUT2D eigenvalue weighted by atomic mass is 32.1. The molecule has 28 heavy (non-hydrogen) atoms. The number of rotatable bonds is 7. The first-order valence-corrected chi connectivity index (χ1v) is 10.1. The van der Waals surface area contributed by atoms with Crippen LogP contribution in [-0.2, 0) is 35.1 Å². The molecule has 9 nitrogen and oxygen atoms in total. The van der Waals surface area contributed by atoms with E-state index in [1.165, 1.54) is 7.11 Å². The Morgan fingerprint density at radius 3 is 2.79 bits per heavy atom. The molecule has 1 aromatic rings. The largest absolute Gasteiger partial charge is 0.469 e. The maximum Gasteiger partial charge on any atom is 0.311 e. The lowest BCUT2D eigenvalue weighted by Gasteiger charge is -2.23. The first kappa shape index (κ1) is 20.2. The van der Waals surface area contributed by atoms with Gasteiger partial charge in [0.25, 0.3) is 5.91 Å². The number of likely N-dealkylation sites (tertiary alicyclic amines) is 1. The van der Waals surface area contributed by atoms with E-state index in [0.29, 0.717) is 17.4 Å². The topological polar surface area (TPSA) is 115 Å². The Kier molecular flexibility index (Phi) is 6.61. The van der Waals surface area contributed by atoms with Gasteiger partial charge in [-0.05, 0) is 12.8 Å². The van der Waals surface area contributed by atoms with Gasteiger partial charge in [-0.15, -0.1) is 11.3 Å². The highest BCUT2D eigenvalue weighted by Crippen LogP contribution is 2.29. The first-order valence-electron chi connectivity index (χ1n) is 9.23. The predicted octanol–water partition coefficient (Wildman–Crippen LogP) is 1.13. The normalized spacial score (nSPS) is 19.7. The van der Waals surface area contributed by atoms with Crippen molar-refractivity contribution in [2.75, 3.05) is 25.6 Å². The number of anilines is 1. The molecule has 0 bridgehead atoms. The maximum absolute atomic E-state index is 12.2. The molecule has 2 fully saturated rings. The van der Waals surface area contributed by atoms with Gasteiger partial charge in [0.05, 0.1) is 25.1 Å². The molecule has 1 aliphatic heterocycles. The molecule has 0 aromatic carbocycles. The Morgan fingerprint density at radius 2 is 2.07 bits per heavy atom. The summed E-state index contributed by atoms with van der Waals surface area (Å²) in [4.78, 5) is 53.4. The molecule has 0 unspecified atom stereocenters. The smallest absolute Gasteiger partial charge is 0.311 e. The van der Waals surface area contributed by atoms with Gasteiger partial charge in [-0.3, -0.25) is 24.5 Å². The van der Waals surface area contributed by atoms with Crippen LogP contribution in [0.2, 0.25) is 0 Å². The second-order valence-corrected chi connectivity index (χ2v) is 7.80. The number of ether oxygens (including phenoxy) is 2. The van der Waals surface area contributed by atoms with Crippen molar-refractivity contribution >= 4 is 40.2 Å². The SMILES string of the molecule is COC(=O)Cc1csc(NC(=O)COC(=O)[C@H]2CC(=O)N(C3CCCC3)C2)n1. The van der Waals surface area contributed by atoms with Gasteiger partial charge in [0, 0.05) is 24.4 Å². The Balaban J connectivity index is 1.42. The summed E-state index contributed by atoms with van der Waals surface area (Å²) in [5.74, 6) is -2.01. The molecule has 0 radical (unpaired) electrons. The van der Waals surface area contributed by atoms with Gasteiger partial charge in [0.1, 0.15) is 0 Å². The number of esters is 2. The van der Waals surface area contributed by atoms with Gasteiger partial charge in [0.2, 0.25) is 5.91 Å². The van der Waals surface area contributed by atoms with Crippen LogP contribution in [0.15, 0.2) is 5.38 Å². The lowest BCUT2D eigenvalue weighted by molar-refractivity contribution is -0.151. The summed E-state index contributed by atoms with van der Waals surface area (Å²) >= 11 is 1.16. The molecule has 2 heterocycles. The fourth-order valence-electron chi connectivity index (χ4n) is 3.53. The number of hydrogen-bond donors (Lipinski definition) is 1. The summed E-state index contributed by atoms with van der Waals surface area (Å²) in [5.41, 5.74) is 0.487. The van der Waals surface area contributed by atoms with Crippen molar-refractivity contribution in [1.82, 2.24) is 9.88 Å². The lowest BCUT2D eigenvalue weighted by Crippen LogP contribution is -2.35. The van der Waals surface area contributed by atoms with Gasteiger partial charge < -0.3 is 14.4 Å². The van der Waals surface area contributed by atoms with Crippen LogP contribution in [0.3, 0.4) is 0 Å². The number of methoxy groups -OCH3 is 1. The monoisotopic (exact) mass is 409 g/mol. The molecular formula is C18H23N3O6S. The van der Waals surface area contributed by atoms with E-state index in [-0.39, 0.29) is 24.8 Å². The van der Waals surface area contributed by atoms with Crippen LogP contribution in [0.1, 0.15) is 37.8 Å². The second kappa shape index (κ2) is 9.13. The Labute approximate surface area is 166 Å². The van der Waals surface area contributed by atoms with Crippen molar-refractivity contribution in [3.63, 3.8) is 0 Å². The zero-order chi connectivity index (χ0) is 20.1. The van der Waals surface area contributed by atoms with E-state index in [1.807, 2.05) is 0 Å². The van der Waals surface area contributed by atoms with E-state index in [1.54, 1.807) is 10.3 Å². The van der Waals surface area contributed by atoms with Crippen molar-refractivity contribution in [1.29, 1.82) is 0 Å². The third kappa shape index (κ3) is 5.06. The second-order valence-electron chi connectivity index (χ2n) is 6.94. The van der Waals surface area contributed by atoms with Gasteiger partial charge >= 0.3 is 11.9 Å². The molecule has 1 saturated carbocycles. The van der Waals surface area contributed by atoms with Crippen molar-refractivity contribution in [3.8, 4) is 0 Å². The van der Waals surface area contributed by atoms with Gasteiger partial charge in [-0.1, -0.05) is 12.8 Å². The minimum absolute atomic E-state index is 0.0146. The summed E-state index contributed by atoms with van der Waals surface area (Å²) in [6.45, 7) is -0.0772. The van der Waals surface area contributed by atoms with Crippen LogP contribution in [0.4, 0.5) is 5.13 Å². The van der Waals surface area contributed by atoms with E-state index in [9.17, 15) is 19.2 Å². The third-order valence-electron chi connectivity index (χ3n) is 4.95. The standard InChI is InChI=1S/C18H23N3O6S/c1-26-16(24)7-12-10-28-18(19-12)20-14(22)9-27-17(25)11-6-15(23)21(8-11)13-4-2-3-5-13/h10-11,13H,2-9H2,1H3,(H,19,20,22)/t11-/m0/s1. The number of nitrogens with one attached hydrogen (secondary N) is 1. The summed E-state index contributed by atoms with van der Waals surface area (Å²) in [6.07, 6.45) is 4.36. The van der Waals surface area contributed by atoms with E-state index >= 15 is 0 Å². The number of carbonyl (C=O) groups excluding carboxylic acids is 4. The molecule has 2 aliphatic rings. The van der Waals surface area contributed by atoms with Crippen molar-refractivity contribution in [2.45, 2.75) is 44.6 Å². The van der Waals surface area contributed by atoms with Crippen LogP contribution in [0.5, 0.6) is 0 Å². The molecule has 10 heteroatoms. The van der Waals surface area contributed by atoms with E-state index in [0.717, 1.165) is 37.0 Å². The number of thiazole rings is 1. The zero-order valence-corrected chi connectivity index (χ0v) is 16.5. The van der Waals surface area contributed by atoms with Gasteiger partial charge in [-0.25, -0.2) is 4.98 Å². The van der Waals surface area contributed by atoms with Crippen LogP contribution >= 0.6 is 11.3 Å². The molecule has 1 aliphatic carbocycles. The highest BCUT2D eigenvalue weighted by Gasteiger charge is 2.39. The minimum atomic E-state index is -0.533. The maximum atomic E-state index is 12.2. The van der Waals surface area contributed by atoms with E-state index < -0.39 is 30.4 Å². The van der Waals surface area contributed by atoms with E-state index in [2.05, 4.69) is 15.0 Å². The van der Waals surface area contributed by atoms with Crippen LogP contribution < -0.4 is 5.32 Å². The van der Waals surface area contributed by atoms with Crippen LogP contribution in [0, 0.1) is 5.92 Å². The van der Waals surface area contributed by atoms with Crippen molar-refractivity contribution in [3.05, 3.63) is 11.1 Å². The van der Waals surface area contributed by atoms with Crippen LogP contribution in [-0.4, -0.2) is 59.9 Å². The summed E-state index contributed by atoms with van der Waals surface area (Å²) < 4.78 is 9.64. The Bertz CT molecular complexity index is 758. The highest BCUT2D eigenvalue weighted by molar-refractivity contribution is 7.13. The average Bonchev–Trinajstić information content (AvgIpc) is 3.41. The minimum Gasteiger partial charge on any atom is -0.469 e. The molecule has 1 aromatic heterocycles. The lowest BCUT2D eigenvalue weighted by atomic mass is 10.1. The number of hydrogen-bond acceptors (Lipinski definition) is 8. The Morgan fingerprint density at radius 1 is 1.32 bits per heavy atom. The molecule has 152 valence electrons.